The Morgan fingerprint density at radius 1 is 0.609 bits per heavy atom. The molecule has 14 nitrogen and oxygen atoms in total. The summed E-state index contributed by atoms with van der Waals surface area (Å²) in [6.45, 7) is 11.0. The molecule has 364 valence electrons. The number of aryl methyl sites for hydroxylation is 2. The van der Waals surface area contributed by atoms with E-state index < -0.39 is 0 Å². The van der Waals surface area contributed by atoms with Gasteiger partial charge in [-0.05, 0) is 94.7 Å². The number of aromatic nitrogens is 6. The van der Waals surface area contributed by atoms with Gasteiger partial charge in [0.15, 0.2) is 23.0 Å². The Morgan fingerprint density at radius 2 is 1.14 bits per heavy atom. The number of ether oxygens (including phenoxy) is 4. The van der Waals surface area contributed by atoms with Crippen LogP contribution in [0.15, 0.2) is 73.3 Å². The van der Waals surface area contributed by atoms with E-state index in [1.807, 2.05) is 19.2 Å². The first-order valence-electron chi connectivity index (χ1n) is 24.4. The van der Waals surface area contributed by atoms with E-state index in [0.29, 0.717) is 29.3 Å². The third kappa shape index (κ3) is 9.97. The molecule has 0 spiro atoms. The summed E-state index contributed by atoms with van der Waals surface area (Å²) in [4.78, 5) is 23.1. The van der Waals surface area contributed by atoms with E-state index in [0.717, 1.165) is 148 Å². The van der Waals surface area contributed by atoms with Crippen LogP contribution in [-0.4, -0.2) is 143 Å². The maximum Gasteiger partial charge on any atom is 0.163 e. The summed E-state index contributed by atoms with van der Waals surface area (Å²) in [7, 11) is 9.67. The molecule has 0 amide bonds. The first-order valence-corrected chi connectivity index (χ1v) is 25.1. The van der Waals surface area contributed by atoms with Crippen LogP contribution in [0.1, 0.15) is 32.1 Å². The van der Waals surface area contributed by atoms with E-state index in [9.17, 15) is 0 Å². The second-order valence-corrected chi connectivity index (χ2v) is 19.7. The van der Waals surface area contributed by atoms with Gasteiger partial charge in [-0.25, -0.2) is 9.97 Å². The molecule has 0 aliphatic carbocycles. The van der Waals surface area contributed by atoms with Gasteiger partial charge in [-0.2, -0.15) is 0 Å². The lowest BCUT2D eigenvalue weighted by Gasteiger charge is -2.42. The predicted molar refractivity (Wildman–Crippen MR) is 279 cm³/mol. The molecule has 0 saturated carbocycles. The van der Waals surface area contributed by atoms with Crippen LogP contribution in [0.5, 0.6) is 23.0 Å². The minimum Gasteiger partial charge on any atom is -0.493 e. The van der Waals surface area contributed by atoms with Crippen LogP contribution in [0.25, 0.3) is 66.4 Å². The second-order valence-electron chi connectivity index (χ2n) is 18.9. The van der Waals surface area contributed by atoms with Gasteiger partial charge in [0.1, 0.15) is 24.5 Å². The van der Waals surface area contributed by atoms with E-state index in [1.54, 1.807) is 32.7 Å². The summed E-state index contributed by atoms with van der Waals surface area (Å²) in [5.74, 6) is 3.85. The molecule has 3 saturated heterocycles. The number of nitrogens with one attached hydrogen (secondary N) is 3. The van der Waals surface area contributed by atoms with Crippen molar-refractivity contribution in [2.24, 2.45) is 20.0 Å². The highest BCUT2D eigenvalue weighted by Gasteiger charge is 2.31. The van der Waals surface area contributed by atoms with Crippen molar-refractivity contribution in [3.8, 4) is 45.5 Å². The number of pyridine rings is 2. The van der Waals surface area contributed by atoms with Gasteiger partial charge in [0, 0.05) is 140 Å². The Morgan fingerprint density at radius 3 is 1.67 bits per heavy atom. The molecule has 69 heavy (non-hydrogen) atoms. The second kappa shape index (κ2) is 20.9. The van der Waals surface area contributed by atoms with Crippen molar-refractivity contribution in [1.29, 1.82) is 0 Å². The predicted octanol–water partition coefficient (Wildman–Crippen LogP) is 9.63. The number of methoxy groups -OCH3 is 2. The minimum atomic E-state index is 0.634. The molecule has 3 aliphatic rings. The number of halogens is 2. The van der Waals surface area contributed by atoms with Gasteiger partial charge >= 0.3 is 0 Å². The van der Waals surface area contributed by atoms with Crippen molar-refractivity contribution in [3.63, 3.8) is 0 Å². The van der Waals surface area contributed by atoms with E-state index in [4.69, 9.17) is 42.1 Å². The van der Waals surface area contributed by atoms with Gasteiger partial charge in [0.2, 0.25) is 0 Å². The summed E-state index contributed by atoms with van der Waals surface area (Å²) in [6.07, 6.45) is 14.2. The van der Waals surface area contributed by atoms with Crippen LogP contribution in [0, 0.1) is 5.92 Å². The van der Waals surface area contributed by atoms with Gasteiger partial charge in [-0.1, -0.05) is 29.6 Å². The molecule has 0 radical (unpaired) electrons. The maximum absolute atomic E-state index is 6.40. The zero-order valence-electron chi connectivity index (χ0n) is 40.4. The Kier molecular flexibility index (Phi) is 14.3. The average molecular weight is 976 g/mol. The number of nitrogens with zero attached hydrogens (tertiary/aromatic N) is 7. The SMILES string of the molecule is COc1cc2c(-c3cc4c(Cl)ccnc4[nH]3)cn(C)c2cc1OCCN1CCCCC1C1CCNCC1.COc1cc2c(-c3cc4c(Cl)ccnc4[nH]3)cn(C)c2cc1OCCN1CCN(C)CC1. The quantitative estimate of drug-likeness (QED) is 0.103. The van der Waals surface area contributed by atoms with Gasteiger partial charge in [-0.15, -0.1) is 0 Å². The number of hydrogen-bond acceptors (Lipinski definition) is 10. The molecular weight excluding hydrogens is 912 g/mol. The van der Waals surface area contributed by atoms with Crippen molar-refractivity contribution < 1.29 is 18.9 Å². The molecule has 6 aromatic heterocycles. The smallest absolute Gasteiger partial charge is 0.163 e. The van der Waals surface area contributed by atoms with E-state index >= 15 is 0 Å². The molecule has 0 bridgehead atoms. The van der Waals surface area contributed by atoms with Crippen LogP contribution in [0.2, 0.25) is 10.0 Å². The Balaban J connectivity index is 0.000000162. The lowest BCUT2D eigenvalue weighted by Crippen LogP contribution is -2.48. The number of likely N-dealkylation sites (N-methyl/N-ethyl adjacent to an activating group) is 1. The molecule has 1 unspecified atom stereocenters. The number of hydrogen-bond donors (Lipinski definition) is 3. The molecule has 3 N–H and O–H groups in total. The van der Waals surface area contributed by atoms with Gasteiger partial charge in [0.25, 0.3) is 0 Å². The standard InChI is InChI=1S/C29H36ClN5O2.C24H28ClN5O2/c1-34-18-22(24-15-21-23(30)8-11-32-29(21)33-24)20-16-27(36-2)28(17-26(20)34)37-14-13-35-12-4-3-5-25(35)19-6-9-31-10-7-19;1-28-6-8-30(9-7-28)10-11-32-23-14-21-16(13-22(23)31-3)18(15-29(21)2)20-12-17-19(25)4-5-26-24(17)27-20/h8,11,15-19,25,31H,3-7,9-10,12-14H2,1-2H3,(H,32,33);4-5,12-15H,6-11H2,1-3H3,(H,26,27). The fraction of sp³-hybridized carbons (Fsp3) is 0.434. The van der Waals surface area contributed by atoms with E-state index in [1.165, 1.54) is 38.6 Å². The number of aromatic amines is 2. The monoisotopic (exact) mass is 974 g/mol. The molecule has 3 aliphatic heterocycles. The minimum absolute atomic E-state index is 0.634. The van der Waals surface area contributed by atoms with Crippen molar-refractivity contribution in [2.45, 2.75) is 38.1 Å². The summed E-state index contributed by atoms with van der Waals surface area (Å²) in [5, 5.41) is 8.90. The van der Waals surface area contributed by atoms with Crippen LogP contribution >= 0.6 is 23.2 Å². The van der Waals surface area contributed by atoms with Gasteiger partial charge in [0.05, 0.1) is 35.3 Å². The highest BCUT2D eigenvalue weighted by molar-refractivity contribution is 6.35. The lowest BCUT2D eigenvalue weighted by atomic mass is 9.84. The Labute approximate surface area is 413 Å². The van der Waals surface area contributed by atoms with Gasteiger partial charge < -0.3 is 48.3 Å². The van der Waals surface area contributed by atoms with Crippen LogP contribution < -0.4 is 24.3 Å². The fourth-order valence-electron chi connectivity index (χ4n) is 10.7. The highest BCUT2D eigenvalue weighted by atomic mass is 35.5. The topological polar surface area (TPSA) is 126 Å². The normalized spacial score (nSPS) is 17.8. The summed E-state index contributed by atoms with van der Waals surface area (Å²) < 4.78 is 28.3. The first kappa shape index (κ1) is 47.2. The summed E-state index contributed by atoms with van der Waals surface area (Å²) in [5.41, 5.74) is 7.82. The number of fused-ring (bicyclic) bond motifs is 4. The molecule has 3 fully saturated rings. The number of likely N-dealkylation sites (tertiary alicyclic amines) is 1. The van der Waals surface area contributed by atoms with Crippen LogP contribution in [0.4, 0.5) is 0 Å². The molecule has 9 heterocycles. The molecule has 8 aromatic rings. The molecular formula is C53H64Cl2N10O4. The average Bonchev–Trinajstić information content (AvgIpc) is 4.16. The summed E-state index contributed by atoms with van der Waals surface area (Å²) in [6, 6.07) is 16.7. The Bertz CT molecular complexity index is 3050. The zero-order valence-corrected chi connectivity index (χ0v) is 41.9. The largest absolute Gasteiger partial charge is 0.493 e. The zero-order chi connectivity index (χ0) is 47.6. The van der Waals surface area contributed by atoms with Crippen molar-refractivity contribution in [1.82, 2.24) is 49.1 Å². The number of piperazine rings is 1. The van der Waals surface area contributed by atoms with Crippen molar-refractivity contribution in [3.05, 3.63) is 83.4 Å². The van der Waals surface area contributed by atoms with Crippen molar-refractivity contribution in [2.75, 3.05) is 93.4 Å². The number of benzene rings is 2. The van der Waals surface area contributed by atoms with Gasteiger partial charge in [-0.3, -0.25) is 9.80 Å². The lowest BCUT2D eigenvalue weighted by molar-refractivity contribution is 0.0707. The first-order chi connectivity index (χ1) is 33.6. The number of H-pyrrole nitrogens is 2. The highest BCUT2D eigenvalue weighted by Crippen LogP contribution is 2.41. The third-order valence-electron chi connectivity index (χ3n) is 14.6. The molecule has 1 atom stereocenters. The molecule has 16 heteroatoms. The maximum atomic E-state index is 6.40. The third-order valence-corrected chi connectivity index (χ3v) is 15.2. The van der Waals surface area contributed by atoms with Crippen LogP contribution in [0.3, 0.4) is 0 Å². The Hall–Kier alpha value is -5.48. The molecule has 11 rings (SSSR count). The number of rotatable bonds is 13. The van der Waals surface area contributed by atoms with Crippen molar-refractivity contribution >= 4 is 67.1 Å². The number of piperidine rings is 2. The van der Waals surface area contributed by atoms with E-state index in [2.05, 4.69) is 106 Å². The fourth-order valence-corrected chi connectivity index (χ4v) is 11.1. The van der Waals surface area contributed by atoms with Crippen LogP contribution in [-0.2, 0) is 14.1 Å². The summed E-state index contributed by atoms with van der Waals surface area (Å²) >= 11 is 12.8. The molecule has 2 aromatic carbocycles. The van der Waals surface area contributed by atoms with E-state index in [-0.39, 0.29) is 0 Å².